The zero-order valence-electron chi connectivity index (χ0n) is 16.8. The van der Waals surface area contributed by atoms with E-state index in [0.717, 1.165) is 29.5 Å². The van der Waals surface area contributed by atoms with Gasteiger partial charge in [0.15, 0.2) is 5.11 Å². The van der Waals surface area contributed by atoms with E-state index in [1.807, 2.05) is 42.5 Å². The Kier molecular flexibility index (Phi) is 6.92. The van der Waals surface area contributed by atoms with Gasteiger partial charge in [-0.25, -0.2) is 0 Å². The monoisotopic (exact) mass is 476 g/mol. The smallest absolute Gasteiger partial charge is 0.269 e. The number of anilines is 1. The number of para-hydroxylation sites is 2. The van der Waals surface area contributed by atoms with Crippen molar-refractivity contribution >= 4 is 61.9 Å². The summed E-state index contributed by atoms with van der Waals surface area (Å²) in [6, 6.07) is 12.9. The van der Waals surface area contributed by atoms with E-state index in [1.54, 1.807) is 7.11 Å². The van der Waals surface area contributed by atoms with E-state index < -0.39 is 0 Å². The van der Waals surface area contributed by atoms with Crippen LogP contribution in [-0.4, -0.2) is 37.4 Å². The number of ether oxygens (including phenoxy) is 3. The molecule has 6 nitrogen and oxygen atoms in total. The average molecular weight is 477 g/mol. The van der Waals surface area contributed by atoms with Gasteiger partial charge in [0.2, 0.25) is 0 Å². The summed E-state index contributed by atoms with van der Waals surface area (Å²) in [5, 5.41) is 7.07. The van der Waals surface area contributed by atoms with Crippen LogP contribution in [-0.2, 0) is 4.74 Å². The third-order valence-corrected chi connectivity index (χ3v) is 6.71. The van der Waals surface area contributed by atoms with Crippen molar-refractivity contribution in [3.8, 4) is 11.5 Å². The molecule has 1 aliphatic rings. The van der Waals surface area contributed by atoms with Gasteiger partial charge in [-0.3, -0.25) is 10.1 Å². The van der Waals surface area contributed by atoms with E-state index >= 15 is 0 Å². The number of thiophene rings is 1. The van der Waals surface area contributed by atoms with Gasteiger partial charge in [0.25, 0.3) is 5.91 Å². The number of nitrogens with one attached hydrogen (secondary N) is 2. The maximum absolute atomic E-state index is 12.8. The fraction of sp³-hybridized carbons (Fsp3) is 0.273. The van der Waals surface area contributed by atoms with Crippen molar-refractivity contribution in [3.63, 3.8) is 0 Å². The number of methoxy groups -OCH3 is 1. The lowest BCUT2D eigenvalue weighted by molar-refractivity contribution is 0.0682. The molecular weight excluding hydrogens is 456 g/mol. The van der Waals surface area contributed by atoms with Gasteiger partial charge in [0.05, 0.1) is 23.9 Å². The van der Waals surface area contributed by atoms with Gasteiger partial charge in [-0.2, -0.15) is 0 Å². The minimum Gasteiger partial charge on any atom is -0.497 e. The van der Waals surface area contributed by atoms with Gasteiger partial charge >= 0.3 is 0 Å². The number of carbonyl (C=O) groups excluding carboxylic acids is 1. The van der Waals surface area contributed by atoms with Crippen molar-refractivity contribution < 1.29 is 19.0 Å². The number of hydrogen-bond acceptors (Lipinski definition) is 6. The standard InChI is InChI=1S/C22H21ClN2O4S2/c1-27-13-8-9-15-18(11-13)31-20(19(15)23)21(26)25-22(30)24-16-6-2-3-7-17(16)29-12-14-5-4-10-28-14/h2-3,6-9,11,14H,4-5,10,12H2,1H3,(H2,24,25,26,30). The van der Waals surface area contributed by atoms with Crippen LogP contribution >= 0.6 is 35.2 Å². The summed E-state index contributed by atoms with van der Waals surface area (Å²) in [7, 11) is 1.59. The molecule has 1 aliphatic heterocycles. The first kappa shape index (κ1) is 21.8. The summed E-state index contributed by atoms with van der Waals surface area (Å²) < 4.78 is 17.6. The van der Waals surface area contributed by atoms with Crippen LogP contribution < -0.4 is 20.1 Å². The number of benzene rings is 2. The predicted octanol–water partition coefficient (Wildman–Crippen LogP) is 5.25. The van der Waals surface area contributed by atoms with Crippen molar-refractivity contribution in [2.45, 2.75) is 18.9 Å². The number of rotatable bonds is 6. The summed E-state index contributed by atoms with van der Waals surface area (Å²) in [6.07, 6.45) is 2.15. The lowest BCUT2D eigenvalue weighted by Gasteiger charge is -2.16. The number of thiocarbonyl (C=S) groups is 1. The first-order valence-corrected chi connectivity index (χ1v) is 11.4. The third kappa shape index (κ3) is 5.10. The number of hydrogen-bond donors (Lipinski definition) is 2. The minimum absolute atomic E-state index is 0.105. The molecule has 162 valence electrons. The van der Waals surface area contributed by atoms with Crippen LogP contribution in [0, 0.1) is 0 Å². The summed E-state index contributed by atoms with van der Waals surface area (Å²) in [5.74, 6) is 0.969. The molecule has 1 amide bonds. The molecule has 0 aliphatic carbocycles. The molecule has 4 rings (SSSR count). The van der Waals surface area contributed by atoms with Crippen LogP contribution in [0.15, 0.2) is 42.5 Å². The number of carbonyl (C=O) groups is 1. The molecule has 0 bridgehead atoms. The fourth-order valence-electron chi connectivity index (χ4n) is 3.29. The highest BCUT2D eigenvalue weighted by Gasteiger charge is 2.20. The van der Waals surface area contributed by atoms with Crippen molar-refractivity contribution in [2.24, 2.45) is 0 Å². The highest BCUT2D eigenvalue weighted by atomic mass is 35.5. The first-order chi connectivity index (χ1) is 15.0. The molecule has 31 heavy (non-hydrogen) atoms. The first-order valence-electron chi connectivity index (χ1n) is 9.77. The third-order valence-electron chi connectivity index (χ3n) is 4.85. The topological polar surface area (TPSA) is 68.8 Å². The van der Waals surface area contributed by atoms with Crippen LogP contribution in [0.2, 0.25) is 5.02 Å². The lowest BCUT2D eigenvalue weighted by atomic mass is 10.2. The highest BCUT2D eigenvalue weighted by molar-refractivity contribution is 7.80. The van der Waals surface area contributed by atoms with Crippen molar-refractivity contribution in [1.29, 1.82) is 0 Å². The molecular formula is C22H21ClN2O4S2. The average Bonchev–Trinajstić information content (AvgIpc) is 3.40. The molecule has 0 spiro atoms. The molecule has 0 radical (unpaired) electrons. The Balaban J connectivity index is 1.42. The lowest BCUT2D eigenvalue weighted by Crippen LogP contribution is -2.34. The van der Waals surface area contributed by atoms with Crippen molar-refractivity contribution in [1.82, 2.24) is 5.32 Å². The minimum atomic E-state index is -0.375. The second-order valence-corrected chi connectivity index (χ2v) is 8.80. The maximum Gasteiger partial charge on any atom is 0.269 e. The number of amides is 1. The van der Waals surface area contributed by atoms with Crippen LogP contribution in [0.5, 0.6) is 11.5 Å². The number of fused-ring (bicyclic) bond motifs is 1. The molecule has 1 aromatic heterocycles. The second-order valence-electron chi connectivity index (χ2n) is 6.96. The molecule has 1 fully saturated rings. The van der Waals surface area contributed by atoms with E-state index in [0.29, 0.717) is 33.7 Å². The zero-order chi connectivity index (χ0) is 21.8. The molecule has 2 aromatic carbocycles. The second kappa shape index (κ2) is 9.82. The van der Waals surface area contributed by atoms with E-state index in [-0.39, 0.29) is 17.1 Å². The quantitative estimate of drug-likeness (QED) is 0.474. The van der Waals surface area contributed by atoms with Gasteiger partial charge in [-0.15, -0.1) is 11.3 Å². The molecule has 3 aromatic rings. The highest BCUT2D eigenvalue weighted by Crippen LogP contribution is 2.37. The largest absolute Gasteiger partial charge is 0.497 e. The Labute approximate surface area is 194 Å². The van der Waals surface area contributed by atoms with Crippen LogP contribution in [0.4, 0.5) is 5.69 Å². The van der Waals surface area contributed by atoms with Gasteiger partial charge < -0.3 is 19.5 Å². The molecule has 0 saturated carbocycles. The summed E-state index contributed by atoms with van der Waals surface area (Å²) >= 11 is 13.1. The molecule has 1 unspecified atom stereocenters. The van der Waals surface area contributed by atoms with Gasteiger partial charge in [0.1, 0.15) is 23.0 Å². The summed E-state index contributed by atoms with van der Waals surface area (Å²) in [4.78, 5) is 13.2. The van der Waals surface area contributed by atoms with E-state index in [2.05, 4.69) is 10.6 Å². The van der Waals surface area contributed by atoms with Gasteiger partial charge in [-0.05, 0) is 55.4 Å². The van der Waals surface area contributed by atoms with Crippen molar-refractivity contribution in [2.75, 3.05) is 25.6 Å². The maximum atomic E-state index is 12.8. The Morgan fingerprint density at radius 3 is 2.94 bits per heavy atom. The van der Waals surface area contributed by atoms with E-state index in [9.17, 15) is 4.79 Å². The predicted molar refractivity (Wildman–Crippen MR) is 128 cm³/mol. The Morgan fingerprint density at radius 2 is 2.16 bits per heavy atom. The van der Waals surface area contributed by atoms with Crippen molar-refractivity contribution in [3.05, 3.63) is 52.4 Å². The Morgan fingerprint density at radius 1 is 1.32 bits per heavy atom. The summed E-state index contributed by atoms with van der Waals surface area (Å²) in [6.45, 7) is 1.25. The van der Waals surface area contributed by atoms with Gasteiger partial charge in [0, 0.05) is 16.7 Å². The SMILES string of the molecule is COc1ccc2c(Cl)c(C(=O)NC(=S)Nc3ccccc3OCC3CCCO3)sc2c1. The Bertz CT molecular complexity index is 1110. The van der Waals surface area contributed by atoms with Crippen LogP contribution in [0.25, 0.3) is 10.1 Å². The van der Waals surface area contributed by atoms with E-state index in [4.69, 9.17) is 38.0 Å². The molecule has 1 saturated heterocycles. The van der Waals surface area contributed by atoms with Gasteiger partial charge in [-0.1, -0.05) is 23.7 Å². The van der Waals surface area contributed by atoms with Crippen LogP contribution in [0.1, 0.15) is 22.5 Å². The molecule has 2 N–H and O–H groups in total. The number of halogens is 1. The summed E-state index contributed by atoms with van der Waals surface area (Å²) in [5.41, 5.74) is 0.665. The fourth-order valence-corrected chi connectivity index (χ4v) is 4.93. The normalized spacial score (nSPS) is 15.6. The van der Waals surface area contributed by atoms with Crippen LogP contribution in [0.3, 0.4) is 0 Å². The zero-order valence-corrected chi connectivity index (χ0v) is 19.2. The molecule has 9 heteroatoms. The molecule has 2 heterocycles. The van der Waals surface area contributed by atoms with E-state index in [1.165, 1.54) is 11.3 Å². The Hall–Kier alpha value is -2.39. The molecule has 1 atom stereocenters.